The van der Waals surface area contributed by atoms with E-state index in [9.17, 15) is 9.18 Å². The van der Waals surface area contributed by atoms with E-state index in [1.807, 2.05) is 19.9 Å². The Morgan fingerprint density at radius 2 is 2.00 bits per heavy atom. The van der Waals surface area contributed by atoms with E-state index in [0.29, 0.717) is 43.7 Å². The molecule has 0 radical (unpaired) electrons. The van der Waals surface area contributed by atoms with E-state index in [-0.39, 0.29) is 5.91 Å². The zero-order valence-electron chi connectivity index (χ0n) is 18.4. The molecule has 0 atom stereocenters. The number of alkyl halides is 1. The minimum absolute atomic E-state index is 0.225. The number of carbonyl (C=O) groups is 1. The van der Waals surface area contributed by atoms with E-state index < -0.39 is 12.2 Å². The summed E-state index contributed by atoms with van der Waals surface area (Å²) >= 11 is 0. The molecule has 6 nitrogen and oxygen atoms in total. The highest BCUT2D eigenvalue weighted by atomic mass is 19.1. The van der Waals surface area contributed by atoms with Crippen LogP contribution in [0.5, 0.6) is 5.88 Å². The summed E-state index contributed by atoms with van der Waals surface area (Å²) in [6.07, 6.45) is 6.57. The molecule has 1 aliphatic heterocycles. The highest BCUT2D eigenvalue weighted by Crippen LogP contribution is 2.33. The van der Waals surface area contributed by atoms with Gasteiger partial charge in [0.25, 0.3) is 5.91 Å². The molecule has 168 valence electrons. The number of nitrogens with one attached hydrogen (secondary N) is 1. The molecular formula is C23H36FN3O3. The van der Waals surface area contributed by atoms with Gasteiger partial charge < -0.3 is 19.7 Å². The van der Waals surface area contributed by atoms with Gasteiger partial charge in [0.15, 0.2) is 0 Å². The van der Waals surface area contributed by atoms with Crippen molar-refractivity contribution in [3.05, 3.63) is 17.8 Å². The molecule has 7 heteroatoms. The molecule has 1 saturated heterocycles. The molecule has 1 N–H and O–H groups in total. The van der Waals surface area contributed by atoms with Crippen molar-refractivity contribution in [2.24, 2.45) is 5.92 Å². The Morgan fingerprint density at radius 3 is 2.63 bits per heavy atom. The van der Waals surface area contributed by atoms with Crippen LogP contribution in [0.3, 0.4) is 0 Å². The van der Waals surface area contributed by atoms with Crippen molar-refractivity contribution >= 4 is 11.6 Å². The molecule has 0 aromatic carbocycles. The number of nitrogens with zero attached hydrogens (tertiary/aromatic N) is 2. The molecule has 1 aliphatic carbocycles. The summed E-state index contributed by atoms with van der Waals surface area (Å²) in [5.74, 6) is 0.955. The topological polar surface area (TPSA) is 63.7 Å². The molecule has 3 rings (SSSR count). The van der Waals surface area contributed by atoms with Crippen LogP contribution in [0.15, 0.2) is 12.1 Å². The lowest BCUT2D eigenvalue weighted by Crippen LogP contribution is -2.51. The van der Waals surface area contributed by atoms with E-state index in [0.717, 1.165) is 31.6 Å². The molecule has 0 spiro atoms. The van der Waals surface area contributed by atoms with Gasteiger partial charge in [0.05, 0.1) is 31.1 Å². The van der Waals surface area contributed by atoms with Gasteiger partial charge in [-0.2, -0.15) is 0 Å². The van der Waals surface area contributed by atoms with Crippen LogP contribution < -0.4 is 15.0 Å². The number of carbonyl (C=O) groups excluding carboxylic acids is 1. The first-order chi connectivity index (χ1) is 14.6. The number of ether oxygens (including phenoxy) is 2. The fraction of sp³-hybridized carbons (Fsp3) is 0.739. The van der Waals surface area contributed by atoms with E-state index in [4.69, 9.17) is 9.47 Å². The molecule has 30 heavy (non-hydrogen) atoms. The second kappa shape index (κ2) is 10.9. The zero-order valence-corrected chi connectivity index (χ0v) is 18.4. The van der Waals surface area contributed by atoms with Gasteiger partial charge in [0, 0.05) is 19.7 Å². The molecule has 2 fully saturated rings. The lowest BCUT2D eigenvalue weighted by atomic mass is 9.93. The third-order valence-electron chi connectivity index (χ3n) is 6.21. The van der Waals surface area contributed by atoms with Crippen LogP contribution in [-0.2, 0) is 4.74 Å². The summed E-state index contributed by atoms with van der Waals surface area (Å²) in [6, 6.07) is 3.75. The molecule has 2 heterocycles. The summed E-state index contributed by atoms with van der Waals surface area (Å²) < 4.78 is 24.0. The van der Waals surface area contributed by atoms with Crippen LogP contribution in [0.25, 0.3) is 0 Å². The number of pyridine rings is 1. The van der Waals surface area contributed by atoms with Crippen molar-refractivity contribution in [2.75, 3.05) is 44.5 Å². The Hall–Kier alpha value is -1.89. The van der Waals surface area contributed by atoms with Crippen LogP contribution in [0.4, 0.5) is 10.1 Å². The van der Waals surface area contributed by atoms with E-state index >= 15 is 0 Å². The second-order valence-electron chi connectivity index (χ2n) is 8.51. The van der Waals surface area contributed by atoms with Gasteiger partial charge in [0.2, 0.25) is 5.88 Å². The standard InChI is InChI=1S/C23H36FN3O3/c1-3-23(4-2,17-29-15-7-12-24)26-21(28)19-10-11-20(27-13-5-6-14-27)22(25-19)30-16-18-8-9-18/h10-11,18H,3-9,12-17H2,1-2H3,(H,26,28). The molecule has 0 unspecified atom stereocenters. The Morgan fingerprint density at radius 1 is 1.27 bits per heavy atom. The minimum Gasteiger partial charge on any atom is -0.476 e. The molecule has 1 aromatic heterocycles. The number of anilines is 1. The molecule has 1 saturated carbocycles. The average molecular weight is 422 g/mol. The fourth-order valence-electron chi connectivity index (χ4n) is 3.74. The van der Waals surface area contributed by atoms with Gasteiger partial charge in [0.1, 0.15) is 5.69 Å². The number of rotatable bonds is 13. The van der Waals surface area contributed by atoms with E-state index in [1.165, 1.54) is 25.7 Å². The predicted molar refractivity (Wildman–Crippen MR) is 116 cm³/mol. The van der Waals surface area contributed by atoms with E-state index in [1.54, 1.807) is 6.07 Å². The van der Waals surface area contributed by atoms with Gasteiger partial charge in [-0.05, 0) is 63.0 Å². The predicted octanol–water partition coefficient (Wildman–Crippen LogP) is 4.14. The average Bonchev–Trinajstić information content (AvgIpc) is 3.45. The number of hydrogen-bond acceptors (Lipinski definition) is 5. The van der Waals surface area contributed by atoms with Gasteiger partial charge in [-0.25, -0.2) is 4.98 Å². The number of halogens is 1. The van der Waals surface area contributed by atoms with Gasteiger partial charge in [-0.3, -0.25) is 9.18 Å². The van der Waals surface area contributed by atoms with Gasteiger partial charge in [-0.1, -0.05) is 13.8 Å². The summed E-state index contributed by atoms with van der Waals surface area (Å²) in [5.41, 5.74) is 0.854. The first kappa shape index (κ1) is 22.8. The van der Waals surface area contributed by atoms with Crippen molar-refractivity contribution in [1.82, 2.24) is 10.3 Å². The van der Waals surface area contributed by atoms with E-state index in [2.05, 4.69) is 15.2 Å². The third kappa shape index (κ3) is 6.06. The van der Waals surface area contributed by atoms with Crippen molar-refractivity contribution in [3.8, 4) is 5.88 Å². The Bertz CT molecular complexity index is 686. The molecule has 1 aromatic rings. The van der Waals surface area contributed by atoms with Crippen molar-refractivity contribution in [2.45, 2.75) is 64.3 Å². The largest absolute Gasteiger partial charge is 0.476 e. The summed E-state index contributed by atoms with van der Waals surface area (Å²) in [5, 5.41) is 3.13. The maximum absolute atomic E-state index is 13.0. The molecule has 0 bridgehead atoms. The minimum atomic E-state index is -0.488. The smallest absolute Gasteiger partial charge is 0.270 e. The molecule has 1 amide bonds. The highest BCUT2D eigenvalue weighted by molar-refractivity contribution is 5.93. The molecular weight excluding hydrogens is 385 g/mol. The van der Waals surface area contributed by atoms with Gasteiger partial charge >= 0.3 is 0 Å². The van der Waals surface area contributed by atoms with Crippen LogP contribution in [0.1, 0.15) is 69.3 Å². The summed E-state index contributed by atoms with van der Waals surface area (Å²) in [7, 11) is 0. The van der Waals surface area contributed by atoms with Crippen LogP contribution >= 0.6 is 0 Å². The summed E-state index contributed by atoms with van der Waals surface area (Å²) in [6.45, 7) is 7.03. The third-order valence-corrected chi connectivity index (χ3v) is 6.21. The number of aromatic nitrogens is 1. The van der Waals surface area contributed by atoms with Crippen molar-refractivity contribution < 1.29 is 18.7 Å². The van der Waals surface area contributed by atoms with Crippen LogP contribution in [0, 0.1) is 5.92 Å². The second-order valence-corrected chi connectivity index (χ2v) is 8.51. The first-order valence-corrected chi connectivity index (χ1v) is 11.5. The highest BCUT2D eigenvalue weighted by Gasteiger charge is 2.30. The number of hydrogen-bond donors (Lipinski definition) is 1. The van der Waals surface area contributed by atoms with Crippen LogP contribution in [0.2, 0.25) is 0 Å². The van der Waals surface area contributed by atoms with Gasteiger partial charge in [-0.15, -0.1) is 0 Å². The summed E-state index contributed by atoms with van der Waals surface area (Å²) in [4.78, 5) is 19.9. The quantitative estimate of drug-likeness (QED) is 0.485. The maximum atomic E-state index is 13.0. The lowest BCUT2D eigenvalue weighted by molar-refractivity contribution is 0.0518. The first-order valence-electron chi connectivity index (χ1n) is 11.5. The Labute approximate surface area is 179 Å². The Balaban J connectivity index is 1.71. The lowest BCUT2D eigenvalue weighted by Gasteiger charge is -2.32. The monoisotopic (exact) mass is 421 g/mol. The zero-order chi connectivity index (χ0) is 21.4. The fourth-order valence-corrected chi connectivity index (χ4v) is 3.74. The van der Waals surface area contributed by atoms with Crippen LogP contribution in [-0.4, -0.2) is 56.0 Å². The van der Waals surface area contributed by atoms with Crippen molar-refractivity contribution in [1.29, 1.82) is 0 Å². The normalized spacial score (nSPS) is 16.7. The number of amides is 1. The van der Waals surface area contributed by atoms with Crippen molar-refractivity contribution in [3.63, 3.8) is 0 Å². The Kier molecular flexibility index (Phi) is 8.31. The maximum Gasteiger partial charge on any atom is 0.270 e. The SMILES string of the molecule is CCC(CC)(COCCCF)NC(=O)c1ccc(N2CCCC2)c(OCC2CC2)n1. The molecule has 2 aliphatic rings.